The van der Waals surface area contributed by atoms with Crippen molar-refractivity contribution >= 4 is 11.6 Å². The first-order chi connectivity index (χ1) is 11.7. The Morgan fingerprint density at radius 1 is 1.00 bits per heavy atom. The number of aryl methyl sites for hydroxylation is 3. The summed E-state index contributed by atoms with van der Waals surface area (Å²) < 4.78 is 5.85. The van der Waals surface area contributed by atoms with Crippen molar-refractivity contribution in [2.75, 3.05) is 0 Å². The van der Waals surface area contributed by atoms with Crippen LogP contribution in [0.3, 0.4) is 0 Å². The summed E-state index contributed by atoms with van der Waals surface area (Å²) in [7, 11) is 0. The van der Waals surface area contributed by atoms with E-state index in [0.29, 0.717) is 0 Å². The second kappa shape index (κ2) is 5.83. The number of fused-ring (bicyclic) bond motifs is 1. The first-order valence-electron chi connectivity index (χ1n) is 8.65. The molecule has 0 unspecified atom stereocenters. The van der Waals surface area contributed by atoms with Crippen LogP contribution < -0.4 is 0 Å². The van der Waals surface area contributed by atoms with E-state index in [1.807, 2.05) is 13.0 Å². The summed E-state index contributed by atoms with van der Waals surface area (Å²) >= 11 is 0. The maximum atomic E-state index is 5.85. The molecule has 4 rings (SSSR count). The van der Waals surface area contributed by atoms with Crippen molar-refractivity contribution in [3.8, 4) is 11.1 Å². The number of rotatable bonds is 3. The van der Waals surface area contributed by atoms with E-state index in [1.165, 1.54) is 39.0 Å². The van der Waals surface area contributed by atoms with E-state index in [4.69, 9.17) is 4.42 Å². The maximum Gasteiger partial charge on any atom is 0.130 e. The van der Waals surface area contributed by atoms with E-state index in [2.05, 4.69) is 62.4 Å². The average Bonchev–Trinajstić information content (AvgIpc) is 3.19. The summed E-state index contributed by atoms with van der Waals surface area (Å²) in [6.07, 6.45) is 4.31. The molecule has 1 aliphatic rings. The van der Waals surface area contributed by atoms with Gasteiger partial charge in [-0.25, -0.2) is 0 Å². The van der Waals surface area contributed by atoms with Crippen molar-refractivity contribution in [2.45, 2.75) is 33.6 Å². The first kappa shape index (κ1) is 15.0. The lowest BCUT2D eigenvalue weighted by molar-refractivity contribution is 0.521. The standard InChI is InChI=1S/C23H22O/c1-4-17-9-10-18-13-20(22-11-8-16(3)24-22)14-21(18)23(17)19-7-5-6-15(2)12-19/h5-12,14H,4,13H2,1-3H3. The van der Waals surface area contributed by atoms with Gasteiger partial charge in [0.1, 0.15) is 11.5 Å². The monoisotopic (exact) mass is 314 g/mol. The molecule has 0 bridgehead atoms. The van der Waals surface area contributed by atoms with Crippen molar-refractivity contribution in [1.29, 1.82) is 0 Å². The first-order valence-corrected chi connectivity index (χ1v) is 8.65. The fourth-order valence-electron chi connectivity index (χ4n) is 3.66. The summed E-state index contributed by atoms with van der Waals surface area (Å²) in [5.41, 5.74) is 9.45. The Kier molecular flexibility index (Phi) is 3.65. The van der Waals surface area contributed by atoms with Crippen LogP contribution in [0.4, 0.5) is 0 Å². The largest absolute Gasteiger partial charge is 0.462 e. The van der Waals surface area contributed by atoms with E-state index in [0.717, 1.165) is 24.4 Å². The molecule has 1 heteroatoms. The summed E-state index contributed by atoms with van der Waals surface area (Å²) in [6, 6.07) is 17.5. The van der Waals surface area contributed by atoms with E-state index >= 15 is 0 Å². The lowest BCUT2D eigenvalue weighted by Gasteiger charge is -2.14. The molecular formula is C23H22O. The molecule has 24 heavy (non-hydrogen) atoms. The predicted octanol–water partition coefficient (Wildman–Crippen LogP) is 6.22. The molecule has 1 heterocycles. The highest BCUT2D eigenvalue weighted by molar-refractivity contribution is 5.94. The van der Waals surface area contributed by atoms with Crippen LogP contribution in [-0.2, 0) is 12.8 Å². The van der Waals surface area contributed by atoms with Gasteiger partial charge >= 0.3 is 0 Å². The Balaban J connectivity index is 1.89. The number of furan rings is 1. The van der Waals surface area contributed by atoms with Gasteiger partial charge in [-0.15, -0.1) is 0 Å². The van der Waals surface area contributed by atoms with Gasteiger partial charge < -0.3 is 4.42 Å². The van der Waals surface area contributed by atoms with Gasteiger partial charge in [0.2, 0.25) is 0 Å². The Morgan fingerprint density at radius 3 is 2.58 bits per heavy atom. The molecule has 1 aliphatic carbocycles. The second-order valence-corrected chi connectivity index (χ2v) is 6.65. The molecule has 0 atom stereocenters. The fraction of sp³-hybridized carbons (Fsp3) is 0.217. The molecule has 0 N–H and O–H groups in total. The molecule has 0 spiro atoms. The molecule has 2 aromatic carbocycles. The molecule has 0 aliphatic heterocycles. The highest BCUT2D eigenvalue weighted by Crippen LogP contribution is 2.40. The molecule has 1 nitrogen and oxygen atoms in total. The third-order valence-electron chi connectivity index (χ3n) is 4.87. The third-order valence-corrected chi connectivity index (χ3v) is 4.87. The zero-order valence-electron chi connectivity index (χ0n) is 14.5. The van der Waals surface area contributed by atoms with Crippen LogP contribution in [0.25, 0.3) is 22.8 Å². The lowest BCUT2D eigenvalue weighted by atomic mass is 9.90. The van der Waals surface area contributed by atoms with Gasteiger partial charge in [-0.1, -0.05) is 48.9 Å². The molecule has 3 aromatic rings. The molecule has 1 aromatic heterocycles. The zero-order chi connectivity index (χ0) is 16.7. The van der Waals surface area contributed by atoms with Crippen molar-refractivity contribution in [3.63, 3.8) is 0 Å². The van der Waals surface area contributed by atoms with Crippen LogP contribution in [0.1, 0.15) is 40.7 Å². The topological polar surface area (TPSA) is 13.1 Å². The fourth-order valence-corrected chi connectivity index (χ4v) is 3.66. The number of allylic oxidation sites excluding steroid dienone is 1. The Bertz CT molecular complexity index is 940. The summed E-state index contributed by atoms with van der Waals surface area (Å²) in [5.74, 6) is 1.96. The van der Waals surface area contributed by atoms with Gasteiger partial charge in [0, 0.05) is 6.42 Å². The molecule has 0 saturated carbocycles. The SMILES string of the molecule is CCc1ccc2c(c1-c1cccc(C)c1)C=C(c1ccc(C)o1)C2. The number of benzene rings is 2. The summed E-state index contributed by atoms with van der Waals surface area (Å²) in [5, 5.41) is 0. The smallest absolute Gasteiger partial charge is 0.130 e. The maximum absolute atomic E-state index is 5.85. The van der Waals surface area contributed by atoms with Gasteiger partial charge in [-0.2, -0.15) is 0 Å². The predicted molar refractivity (Wildman–Crippen MR) is 101 cm³/mol. The summed E-state index contributed by atoms with van der Waals surface area (Å²) in [6.45, 7) is 6.39. The molecular weight excluding hydrogens is 292 g/mol. The summed E-state index contributed by atoms with van der Waals surface area (Å²) in [4.78, 5) is 0. The zero-order valence-corrected chi connectivity index (χ0v) is 14.5. The van der Waals surface area contributed by atoms with Crippen LogP contribution in [0, 0.1) is 13.8 Å². The molecule has 0 radical (unpaired) electrons. The van der Waals surface area contributed by atoms with Crippen LogP contribution in [0.2, 0.25) is 0 Å². The van der Waals surface area contributed by atoms with Crippen LogP contribution >= 0.6 is 0 Å². The highest BCUT2D eigenvalue weighted by Gasteiger charge is 2.21. The third kappa shape index (κ3) is 2.50. The van der Waals surface area contributed by atoms with Gasteiger partial charge in [0.25, 0.3) is 0 Å². The number of hydrogen-bond donors (Lipinski definition) is 0. The Morgan fingerprint density at radius 2 is 1.88 bits per heavy atom. The minimum Gasteiger partial charge on any atom is -0.462 e. The lowest BCUT2D eigenvalue weighted by Crippen LogP contribution is -1.94. The second-order valence-electron chi connectivity index (χ2n) is 6.65. The highest BCUT2D eigenvalue weighted by atomic mass is 16.3. The van der Waals surface area contributed by atoms with Gasteiger partial charge in [0.15, 0.2) is 0 Å². The van der Waals surface area contributed by atoms with E-state index in [1.54, 1.807) is 0 Å². The van der Waals surface area contributed by atoms with Crippen LogP contribution in [0.5, 0.6) is 0 Å². The van der Waals surface area contributed by atoms with Gasteiger partial charge in [-0.05, 0) is 71.9 Å². The molecule has 0 amide bonds. The molecule has 0 saturated heterocycles. The minimum absolute atomic E-state index is 0.950. The van der Waals surface area contributed by atoms with Crippen molar-refractivity contribution < 1.29 is 4.42 Å². The minimum atomic E-state index is 0.950. The average molecular weight is 314 g/mol. The van der Waals surface area contributed by atoms with E-state index in [-0.39, 0.29) is 0 Å². The molecule has 120 valence electrons. The van der Waals surface area contributed by atoms with Crippen LogP contribution in [0.15, 0.2) is 52.9 Å². The van der Waals surface area contributed by atoms with E-state index < -0.39 is 0 Å². The van der Waals surface area contributed by atoms with E-state index in [9.17, 15) is 0 Å². The van der Waals surface area contributed by atoms with Gasteiger partial charge in [0.05, 0.1) is 0 Å². The van der Waals surface area contributed by atoms with Crippen molar-refractivity contribution in [3.05, 3.63) is 82.3 Å². The van der Waals surface area contributed by atoms with Crippen molar-refractivity contribution in [2.24, 2.45) is 0 Å². The quantitative estimate of drug-likeness (QED) is 0.559. The normalized spacial score (nSPS) is 13.0. The molecule has 0 fully saturated rings. The van der Waals surface area contributed by atoms with Gasteiger partial charge in [-0.3, -0.25) is 0 Å². The Hall–Kier alpha value is -2.54. The van der Waals surface area contributed by atoms with Crippen molar-refractivity contribution in [1.82, 2.24) is 0 Å². The Labute approximate surface area is 143 Å². The number of hydrogen-bond acceptors (Lipinski definition) is 1. The van der Waals surface area contributed by atoms with Crippen LogP contribution in [-0.4, -0.2) is 0 Å².